The Kier molecular flexibility index (Phi) is 3.99. The van der Waals surface area contributed by atoms with Gasteiger partial charge in [0, 0.05) is 39.1 Å². The van der Waals surface area contributed by atoms with E-state index in [1.54, 1.807) is 4.90 Å². The van der Waals surface area contributed by atoms with E-state index in [4.69, 9.17) is 0 Å². The predicted octanol–water partition coefficient (Wildman–Crippen LogP) is -0.227. The van der Waals surface area contributed by atoms with Crippen LogP contribution in [0.5, 0.6) is 0 Å². The Balaban J connectivity index is 1.82. The lowest BCUT2D eigenvalue weighted by Crippen LogP contribution is -2.51. The summed E-state index contributed by atoms with van der Waals surface area (Å²) in [6.45, 7) is 4.47. The molecule has 2 fully saturated rings. The van der Waals surface area contributed by atoms with Gasteiger partial charge in [0.2, 0.25) is 11.8 Å². The highest BCUT2D eigenvalue weighted by atomic mass is 16.2. The first-order valence-electron chi connectivity index (χ1n) is 6.41. The van der Waals surface area contributed by atoms with Gasteiger partial charge < -0.3 is 14.7 Å². The van der Waals surface area contributed by atoms with Crippen molar-refractivity contribution in [3.05, 3.63) is 0 Å². The zero-order valence-electron chi connectivity index (χ0n) is 10.5. The molecule has 5 heteroatoms. The maximum atomic E-state index is 12.0. The summed E-state index contributed by atoms with van der Waals surface area (Å²) in [7, 11) is 2.07. The van der Waals surface area contributed by atoms with E-state index in [9.17, 15) is 9.59 Å². The van der Waals surface area contributed by atoms with E-state index in [1.165, 1.54) is 0 Å². The lowest BCUT2D eigenvalue weighted by atomic mass is 10.1. The minimum atomic E-state index is 0.105. The van der Waals surface area contributed by atoms with Gasteiger partial charge in [0.25, 0.3) is 0 Å². The Morgan fingerprint density at radius 1 is 1.12 bits per heavy atom. The molecule has 0 spiro atoms. The van der Waals surface area contributed by atoms with E-state index in [0.717, 1.165) is 45.6 Å². The molecule has 5 nitrogen and oxygen atoms in total. The van der Waals surface area contributed by atoms with Gasteiger partial charge in [0.05, 0.1) is 6.54 Å². The first-order valence-corrected chi connectivity index (χ1v) is 6.41. The number of piperidine rings is 1. The zero-order valence-corrected chi connectivity index (χ0v) is 10.5. The summed E-state index contributed by atoms with van der Waals surface area (Å²) in [6, 6.07) is 0. The van der Waals surface area contributed by atoms with Crippen LogP contribution in [-0.2, 0) is 9.59 Å². The molecule has 17 heavy (non-hydrogen) atoms. The number of rotatable bonds is 2. The molecule has 0 aromatic rings. The van der Waals surface area contributed by atoms with E-state index < -0.39 is 0 Å². The molecular formula is C12H21N3O2. The summed E-state index contributed by atoms with van der Waals surface area (Å²) in [6.07, 6.45) is 2.61. The number of hydrogen-bond acceptors (Lipinski definition) is 3. The standard InChI is InChI=1S/C12H21N3O2/c1-13-6-8-14(9-7-13)12(17)10-15-5-3-2-4-11(15)16/h2-10H2,1H3. The van der Waals surface area contributed by atoms with Crippen LogP contribution in [0.1, 0.15) is 19.3 Å². The lowest BCUT2D eigenvalue weighted by molar-refractivity contribution is -0.142. The largest absolute Gasteiger partial charge is 0.339 e. The third-order valence-electron chi connectivity index (χ3n) is 3.60. The van der Waals surface area contributed by atoms with Gasteiger partial charge in [-0.15, -0.1) is 0 Å². The Hall–Kier alpha value is -1.10. The molecule has 2 amide bonds. The number of likely N-dealkylation sites (tertiary alicyclic amines) is 1. The predicted molar refractivity (Wildman–Crippen MR) is 64.5 cm³/mol. The topological polar surface area (TPSA) is 43.9 Å². The number of likely N-dealkylation sites (N-methyl/N-ethyl adjacent to an activating group) is 1. The smallest absolute Gasteiger partial charge is 0.242 e. The van der Waals surface area contributed by atoms with Crippen molar-refractivity contribution in [1.82, 2.24) is 14.7 Å². The fourth-order valence-corrected chi connectivity index (χ4v) is 2.35. The Morgan fingerprint density at radius 3 is 2.47 bits per heavy atom. The highest BCUT2D eigenvalue weighted by Crippen LogP contribution is 2.11. The molecule has 2 heterocycles. The summed E-state index contributed by atoms with van der Waals surface area (Å²) in [4.78, 5) is 29.5. The molecule has 0 aromatic carbocycles. The number of hydrogen-bond donors (Lipinski definition) is 0. The van der Waals surface area contributed by atoms with E-state index in [-0.39, 0.29) is 18.4 Å². The van der Waals surface area contributed by atoms with Crippen LogP contribution in [0.4, 0.5) is 0 Å². The first kappa shape index (κ1) is 12.4. The summed E-state index contributed by atoms with van der Waals surface area (Å²) >= 11 is 0. The van der Waals surface area contributed by atoms with Crippen LogP contribution in [0.3, 0.4) is 0 Å². The molecule has 0 saturated carbocycles. The molecule has 96 valence electrons. The van der Waals surface area contributed by atoms with Crippen LogP contribution < -0.4 is 0 Å². The average molecular weight is 239 g/mol. The van der Waals surface area contributed by atoms with Crippen molar-refractivity contribution in [3.8, 4) is 0 Å². The zero-order chi connectivity index (χ0) is 12.3. The monoisotopic (exact) mass is 239 g/mol. The van der Waals surface area contributed by atoms with Gasteiger partial charge in [-0.2, -0.15) is 0 Å². The van der Waals surface area contributed by atoms with Gasteiger partial charge in [0.1, 0.15) is 0 Å². The fourth-order valence-electron chi connectivity index (χ4n) is 2.35. The maximum Gasteiger partial charge on any atom is 0.242 e. The molecular weight excluding hydrogens is 218 g/mol. The molecule has 2 aliphatic rings. The van der Waals surface area contributed by atoms with E-state index >= 15 is 0 Å². The molecule has 2 aliphatic heterocycles. The van der Waals surface area contributed by atoms with Crippen LogP contribution in [-0.4, -0.2) is 72.8 Å². The van der Waals surface area contributed by atoms with Gasteiger partial charge in [0.15, 0.2) is 0 Å². The van der Waals surface area contributed by atoms with Crippen LogP contribution in [0.2, 0.25) is 0 Å². The lowest BCUT2D eigenvalue weighted by Gasteiger charge is -2.34. The van der Waals surface area contributed by atoms with Gasteiger partial charge >= 0.3 is 0 Å². The molecule has 2 saturated heterocycles. The Bertz CT molecular complexity index is 298. The normalized spacial score (nSPS) is 23.0. The second kappa shape index (κ2) is 5.49. The van der Waals surface area contributed by atoms with E-state index in [0.29, 0.717) is 6.42 Å². The number of carbonyl (C=O) groups excluding carboxylic acids is 2. The number of amides is 2. The van der Waals surface area contributed by atoms with Crippen LogP contribution in [0, 0.1) is 0 Å². The van der Waals surface area contributed by atoms with Crippen molar-refractivity contribution in [2.45, 2.75) is 19.3 Å². The number of carbonyl (C=O) groups is 2. The molecule has 0 atom stereocenters. The summed E-state index contributed by atoms with van der Waals surface area (Å²) in [5, 5.41) is 0. The summed E-state index contributed by atoms with van der Waals surface area (Å²) in [5.74, 6) is 0.243. The average Bonchev–Trinajstić information content (AvgIpc) is 2.33. The van der Waals surface area contributed by atoms with E-state index in [2.05, 4.69) is 11.9 Å². The minimum absolute atomic E-state index is 0.105. The second-order valence-electron chi connectivity index (χ2n) is 4.96. The molecule has 0 aliphatic carbocycles. The quantitative estimate of drug-likeness (QED) is 0.669. The Morgan fingerprint density at radius 2 is 1.82 bits per heavy atom. The molecule has 0 radical (unpaired) electrons. The number of nitrogens with zero attached hydrogens (tertiary/aromatic N) is 3. The maximum absolute atomic E-state index is 12.0. The van der Waals surface area contributed by atoms with Crippen molar-refractivity contribution in [2.24, 2.45) is 0 Å². The van der Waals surface area contributed by atoms with Crippen LogP contribution >= 0.6 is 0 Å². The second-order valence-corrected chi connectivity index (χ2v) is 4.96. The molecule has 0 aromatic heterocycles. The highest BCUT2D eigenvalue weighted by Gasteiger charge is 2.24. The van der Waals surface area contributed by atoms with Crippen LogP contribution in [0.25, 0.3) is 0 Å². The Labute approximate surface area is 102 Å². The third kappa shape index (κ3) is 3.19. The SMILES string of the molecule is CN1CCN(C(=O)CN2CCCCC2=O)CC1. The third-order valence-corrected chi connectivity index (χ3v) is 3.60. The van der Waals surface area contributed by atoms with Gasteiger partial charge in [-0.3, -0.25) is 9.59 Å². The minimum Gasteiger partial charge on any atom is -0.339 e. The van der Waals surface area contributed by atoms with E-state index in [1.807, 2.05) is 4.90 Å². The molecule has 0 unspecified atom stereocenters. The van der Waals surface area contributed by atoms with Gasteiger partial charge in [-0.1, -0.05) is 0 Å². The van der Waals surface area contributed by atoms with Gasteiger partial charge in [-0.25, -0.2) is 0 Å². The van der Waals surface area contributed by atoms with Crippen molar-refractivity contribution < 1.29 is 9.59 Å². The van der Waals surface area contributed by atoms with Crippen molar-refractivity contribution in [2.75, 3.05) is 46.3 Å². The first-order chi connectivity index (χ1) is 8.16. The van der Waals surface area contributed by atoms with Gasteiger partial charge in [-0.05, 0) is 19.9 Å². The van der Waals surface area contributed by atoms with Crippen molar-refractivity contribution >= 4 is 11.8 Å². The summed E-state index contributed by atoms with van der Waals surface area (Å²) < 4.78 is 0. The molecule has 0 N–H and O–H groups in total. The van der Waals surface area contributed by atoms with Crippen molar-refractivity contribution in [3.63, 3.8) is 0 Å². The molecule has 0 bridgehead atoms. The summed E-state index contributed by atoms with van der Waals surface area (Å²) in [5.41, 5.74) is 0. The van der Waals surface area contributed by atoms with Crippen molar-refractivity contribution in [1.29, 1.82) is 0 Å². The highest BCUT2D eigenvalue weighted by molar-refractivity contribution is 5.85. The molecule has 2 rings (SSSR count). The fraction of sp³-hybridized carbons (Fsp3) is 0.833. The number of piperazine rings is 1. The van der Waals surface area contributed by atoms with Crippen LogP contribution in [0.15, 0.2) is 0 Å².